The Hall–Kier alpha value is -2.19. The average Bonchev–Trinajstić information content (AvgIpc) is 3.57. The molecule has 0 radical (unpaired) electrons. The fourth-order valence-corrected chi connectivity index (χ4v) is 7.47. The number of rotatable bonds is 3. The van der Waals surface area contributed by atoms with Crippen LogP contribution in [0.2, 0.25) is 0 Å². The lowest BCUT2D eigenvalue weighted by Crippen LogP contribution is -2.70. The Labute approximate surface area is 232 Å². The third-order valence-corrected chi connectivity index (χ3v) is 9.34. The van der Waals surface area contributed by atoms with E-state index in [1.54, 1.807) is 0 Å². The van der Waals surface area contributed by atoms with Gasteiger partial charge in [0.05, 0.1) is 25.7 Å². The summed E-state index contributed by atoms with van der Waals surface area (Å²) in [6, 6.07) is -1.28. The lowest BCUT2D eigenvalue weighted by molar-refractivity contribution is -0.130. The molecule has 5 heterocycles. The number of aromatic nitrogens is 3. The van der Waals surface area contributed by atoms with E-state index in [9.17, 15) is 28.8 Å². The first-order valence-corrected chi connectivity index (χ1v) is 15.6. The number of aliphatic hydroxyl groups excluding tert-OH is 1. The van der Waals surface area contributed by atoms with Crippen LogP contribution in [0.3, 0.4) is 0 Å². The SMILES string of the molecule is NC1NC(=O)C2N=CN([C@@H]3O[C@@H]4COP(=O)(O)O[C@H]5C[C@H](Nc6ncncn6)C[C@@H]5COP(=O)(O)O[C@@H]3[C@@H]4O)C2N1. The summed E-state index contributed by atoms with van der Waals surface area (Å²) in [5.41, 5.74) is 5.83. The van der Waals surface area contributed by atoms with Crippen LogP contribution in [0.4, 0.5) is 5.95 Å². The minimum absolute atomic E-state index is 0.191. The van der Waals surface area contributed by atoms with Crippen molar-refractivity contribution in [2.75, 3.05) is 18.5 Å². The Morgan fingerprint density at radius 3 is 2.59 bits per heavy atom. The fourth-order valence-electron chi connectivity index (χ4n) is 5.50. The van der Waals surface area contributed by atoms with Crippen molar-refractivity contribution in [1.29, 1.82) is 0 Å². The number of fused-ring (bicyclic) bond motifs is 4. The van der Waals surface area contributed by atoms with Crippen LogP contribution in [-0.2, 0) is 36.8 Å². The zero-order valence-corrected chi connectivity index (χ0v) is 22.9. The predicted octanol–water partition coefficient (Wildman–Crippen LogP) is -2.83. The van der Waals surface area contributed by atoms with Gasteiger partial charge in [-0.15, -0.1) is 0 Å². The van der Waals surface area contributed by atoms with Crippen molar-refractivity contribution in [2.45, 2.75) is 68.0 Å². The number of aliphatic imine (C=N–C) groups is 1. The Morgan fingerprint density at radius 1 is 1.07 bits per heavy atom. The predicted molar refractivity (Wildman–Crippen MR) is 133 cm³/mol. The molecule has 226 valence electrons. The number of hydrogen-bond donors (Lipinski definition) is 7. The topological polar surface area (TPSA) is 274 Å². The van der Waals surface area contributed by atoms with Gasteiger partial charge in [0.25, 0.3) is 5.91 Å². The number of aliphatic hydroxyl groups is 1. The molecule has 22 heteroatoms. The van der Waals surface area contributed by atoms with Gasteiger partial charge in [-0.2, -0.15) is 0 Å². The maximum absolute atomic E-state index is 13.1. The van der Waals surface area contributed by atoms with Crippen LogP contribution < -0.4 is 21.7 Å². The highest BCUT2D eigenvalue weighted by Crippen LogP contribution is 2.53. The van der Waals surface area contributed by atoms with Gasteiger partial charge in [0.2, 0.25) is 5.95 Å². The van der Waals surface area contributed by atoms with E-state index in [0.29, 0.717) is 0 Å². The molecular formula is C19H29N9O11P2. The van der Waals surface area contributed by atoms with E-state index >= 15 is 0 Å². The number of nitrogens with zero attached hydrogens (tertiary/aromatic N) is 5. The van der Waals surface area contributed by atoms with E-state index in [1.165, 1.54) is 23.9 Å². The molecule has 4 fully saturated rings. The first-order valence-electron chi connectivity index (χ1n) is 12.6. The van der Waals surface area contributed by atoms with E-state index in [4.69, 9.17) is 28.6 Å². The van der Waals surface area contributed by atoms with Gasteiger partial charge in [0.15, 0.2) is 12.3 Å². The van der Waals surface area contributed by atoms with Gasteiger partial charge in [0, 0.05) is 12.0 Å². The molecule has 6 rings (SSSR count). The van der Waals surface area contributed by atoms with Gasteiger partial charge in [-0.3, -0.25) is 38.9 Å². The van der Waals surface area contributed by atoms with E-state index in [-0.39, 0.29) is 24.8 Å². The molecule has 4 aliphatic heterocycles. The second-order valence-electron chi connectivity index (χ2n) is 10.1. The molecule has 2 bridgehead atoms. The Balaban J connectivity index is 1.22. The highest BCUT2D eigenvalue weighted by Gasteiger charge is 2.55. The van der Waals surface area contributed by atoms with Crippen LogP contribution in [-0.4, -0.2) is 115 Å². The molecule has 1 saturated carbocycles. The summed E-state index contributed by atoms with van der Waals surface area (Å²) in [6.45, 7) is -1.05. The molecule has 41 heavy (non-hydrogen) atoms. The van der Waals surface area contributed by atoms with Gasteiger partial charge in [-0.05, 0) is 12.8 Å². The third-order valence-electron chi connectivity index (χ3n) is 7.34. The molecule has 1 aliphatic carbocycles. The van der Waals surface area contributed by atoms with Crippen molar-refractivity contribution >= 4 is 33.8 Å². The molecular weight excluding hydrogens is 592 g/mol. The Bertz CT molecular complexity index is 1270. The Morgan fingerprint density at radius 2 is 1.80 bits per heavy atom. The summed E-state index contributed by atoms with van der Waals surface area (Å²) in [5, 5.41) is 19.4. The van der Waals surface area contributed by atoms with E-state index in [1.807, 2.05) is 0 Å². The summed E-state index contributed by atoms with van der Waals surface area (Å²) in [6.07, 6.45) is -4.15. The second kappa shape index (κ2) is 11.1. The molecule has 20 nitrogen and oxygen atoms in total. The van der Waals surface area contributed by atoms with Gasteiger partial charge >= 0.3 is 15.6 Å². The molecule has 1 aromatic rings. The number of phosphoric acid groups is 2. The highest BCUT2D eigenvalue weighted by atomic mass is 31.2. The van der Waals surface area contributed by atoms with Gasteiger partial charge < -0.3 is 35.2 Å². The van der Waals surface area contributed by atoms with Crippen LogP contribution in [0, 0.1) is 5.92 Å². The summed E-state index contributed by atoms with van der Waals surface area (Å²) >= 11 is 0. The van der Waals surface area contributed by atoms with Crippen LogP contribution in [0.25, 0.3) is 0 Å². The zero-order valence-electron chi connectivity index (χ0n) is 21.1. The molecule has 1 amide bonds. The minimum atomic E-state index is -4.86. The third kappa shape index (κ3) is 6.15. The molecule has 0 spiro atoms. The number of carbonyl (C=O) groups excluding carboxylic acids is 1. The smallest absolute Gasteiger partial charge is 0.387 e. The standard InChI is InChI=1S/C19H29N9O11P2/c20-18-26-15-12(16(30)27-18)24-7-28(15)17-14-13(29)11(37-17)4-36-40(31,32)38-10-2-9(25-19-22-5-21-6-23-19)1-8(10)3-35-41(33,34)39-14/h5-15,17-18,26,29H,1-4,20H2,(H,27,30)(H,31,32)(H,33,34)(H,21,22,23,25)/t8-,9-,10+,11-,12?,13-,14-,15?,17-,18?/m1/s1. The van der Waals surface area contributed by atoms with Gasteiger partial charge in [0.1, 0.15) is 43.4 Å². The molecule has 1 aromatic heterocycles. The van der Waals surface area contributed by atoms with Crippen LogP contribution in [0.1, 0.15) is 12.8 Å². The number of anilines is 1. The number of hydrogen-bond acceptors (Lipinski definition) is 17. The maximum Gasteiger partial charge on any atom is 0.472 e. The number of nitrogens with two attached hydrogens (primary N) is 1. The average molecular weight is 621 g/mol. The second-order valence-corrected chi connectivity index (χ2v) is 12.9. The van der Waals surface area contributed by atoms with E-state index < -0.39 is 89.8 Å². The first-order chi connectivity index (χ1) is 19.5. The first kappa shape index (κ1) is 28.9. The molecule has 3 saturated heterocycles. The molecule has 12 atom stereocenters. The zero-order chi connectivity index (χ0) is 28.9. The van der Waals surface area contributed by atoms with Crippen molar-refractivity contribution in [1.82, 2.24) is 30.5 Å². The van der Waals surface area contributed by atoms with Gasteiger partial charge in [-0.25, -0.2) is 24.1 Å². The normalized spacial score (nSPS) is 46.5. The largest absolute Gasteiger partial charge is 0.472 e. The van der Waals surface area contributed by atoms with E-state index in [2.05, 4.69) is 35.9 Å². The molecule has 5 aliphatic rings. The molecule has 8 N–H and O–H groups in total. The lowest BCUT2D eigenvalue weighted by atomic mass is 10.1. The Kier molecular flexibility index (Phi) is 7.86. The maximum atomic E-state index is 13.1. The van der Waals surface area contributed by atoms with Crippen LogP contribution in [0.15, 0.2) is 17.6 Å². The monoisotopic (exact) mass is 621 g/mol. The van der Waals surface area contributed by atoms with E-state index in [0.717, 1.165) is 0 Å². The van der Waals surface area contributed by atoms with Crippen LogP contribution >= 0.6 is 15.6 Å². The molecule has 0 aromatic carbocycles. The minimum Gasteiger partial charge on any atom is -0.387 e. The summed E-state index contributed by atoms with van der Waals surface area (Å²) in [5.74, 6) is -0.844. The van der Waals surface area contributed by atoms with Gasteiger partial charge in [-0.1, -0.05) is 0 Å². The quantitative estimate of drug-likeness (QED) is 0.167. The van der Waals surface area contributed by atoms with Crippen LogP contribution in [0.5, 0.6) is 0 Å². The van der Waals surface area contributed by atoms with Crippen molar-refractivity contribution in [3.05, 3.63) is 12.7 Å². The summed E-state index contributed by atoms with van der Waals surface area (Å²) < 4.78 is 53.2. The number of carbonyl (C=O) groups is 1. The van der Waals surface area contributed by atoms with Crippen molar-refractivity contribution in [3.63, 3.8) is 0 Å². The molecule has 5 unspecified atom stereocenters. The highest BCUT2D eigenvalue weighted by molar-refractivity contribution is 7.47. The number of amides is 1. The van der Waals surface area contributed by atoms with Crippen molar-refractivity contribution in [2.24, 2.45) is 16.6 Å². The fraction of sp³-hybridized carbons (Fsp3) is 0.737. The number of nitrogens with one attached hydrogen (secondary N) is 3. The van der Waals surface area contributed by atoms with Crippen molar-refractivity contribution in [3.8, 4) is 0 Å². The number of phosphoric ester groups is 2. The number of ether oxygens (including phenoxy) is 1. The summed E-state index contributed by atoms with van der Waals surface area (Å²) in [4.78, 5) is 50.7. The van der Waals surface area contributed by atoms with Crippen molar-refractivity contribution < 1.29 is 51.6 Å². The lowest BCUT2D eigenvalue weighted by Gasteiger charge is -2.39. The summed E-state index contributed by atoms with van der Waals surface area (Å²) in [7, 11) is -9.58.